The molecule has 4 nitrogen and oxygen atoms in total. The molecule has 0 heterocycles. The van der Waals surface area contributed by atoms with Crippen LogP contribution in [0.4, 0.5) is 0 Å². The molecule has 0 aliphatic heterocycles. The predicted octanol–water partition coefficient (Wildman–Crippen LogP) is 6.61. The van der Waals surface area contributed by atoms with E-state index in [9.17, 15) is 9.59 Å². The van der Waals surface area contributed by atoms with E-state index in [0.717, 1.165) is 36.1 Å². The number of nitrogens with zero attached hydrogens (tertiary/aromatic N) is 1. The van der Waals surface area contributed by atoms with E-state index in [2.05, 4.69) is 5.32 Å². The minimum atomic E-state index is -0.623. The fourth-order valence-electron chi connectivity index (χ4n) is 3.74. The third kappa shape index (κ3) is 7.31. The first-order valence-corrected chi connectivity index (χ1v) is 12.9. The Labute approximate surface area is 209 Å². The van der Waals surface area contributed by atoms with Crippen molar-refractivity contribution in [2.45, 2.75) is 62.6 Å². The van der Waals surface area contributed by atoms with Crippen molar-refractivity contribution in [1.82, 2.24) is 10.2 Å². The van der Waals surface area contributed by atoms with Gasteiger partial charge in [-0.2, -0.15) is 0 Å². The molecule has 1 N–H and O–H groups in total. The quantitative estimate of drug-likeness (QED) is 0.404. The summed E-state index contributed by atoms with van der Waals surface area (Å²) in [6, 6.07) is 12.1. The number of amides is 2. The van der Waals surface area contributed by atoms with Gasteiger partial charge >= 0.3 is 0 Å². The normalized spacial score (nSPS) is 15.2. The monoisotopic (exact) mass is 512 g/mol. The molecule has 2 aromatic rings. The number of halogens is 3. The molecular weight excluding hydrogens is 487 g/mol. The summed E-state index contributed by atoms with van der Waals surface area (Å²) in [7, 11) is 0. The van der Waals surface area contributed by atoms with Crippen molar-refractivity contribution in [3.05, 3.63) is 63.1 Å². The van der Waals surface area contributed by atoms with Crippen LogP contribution in [0.15, 0.2) is 47.4 Å². The molecule has 1 aliphatic carbocycles. The summed E-state index contributed by atoms with van der Waals surface area (Å²) >= 11 is 19.7. The topological polar surface area (TPSA) is 49.4 Å². The third-order valence-corrected chi connectivity index (χ3v) is 7.49. The molecule has 0 bridgehead atoms. The number of benzene rings is 2. The molecule has 2 aromatic carbocycles. The summed E-state index contributed by atoms with van der Waals surface area (Å²) in [4.78, 5) is 28.8. The smallest absolute Gasteiger partial charge is 0.242 e. The maximum atomic E-state index is 13.2. The van der Waals surface area contributed by atoms with Crippen LogP contribution in [0.5, 0.6) is 0 Å². The van der Waals surface area contributed by atoms with E-state index in [1.54, 1.807) is 42.2 Å². The van der Waals surface area contributed by atoms with Gasteiger partial charge in [0.05, 0.1) is 5.75 Å². The number of carbonyl (C=O) groups is 2. The molecular formula is C24H27Cl3N2O2S. The van der Waals surface area contributed by atoms with Crippen LogP contribution in [0, 0.1) is 0 Å². The second kappa shape index (κ2) is 12.2. The van der Waals surface area contributed by atoms with Crippen molar-refractivity contribution >= 4 is 58.4 Å². The fourth-order valence-corrected chi connectivity index (χ4v) is 5.12. The van der Waals surface area contributed by atoms with Crippen molar-refractivity contribution < 1.29 is 9.59 Å². The zero-order valence-electron chi connectivity index (χ0n) is 18.0. The second-order valence-corrected chi connectivity index (χ2v) is 10.3. The molecule has 1 fully saturated rings. The van der Waals surface area contributed by atoms with Crippen molar-refractivity contribution in [1.29, 1.82) is 0 Å². The van der Waals surface area contributed by atoms with Gasteiger partial charge in [0.15, 0.2) is 0 Å². The molecule has 0 unspecified atom stereocenters. The Balaban J connectivity index is 1.73. The van der Waals surface area contributed by atoms with Crippen LogP contribution in [-0.2, 0) is 16.1 Å². The van der Waals surface area contributed by atoms with Gasteiger partial charge in [-0.1, -0.05) is 60.1 Å². The molecule has 32 heavy (non-hydrogen) atoms. The molecule has 0 radical (unpaired) electrons. The van der Waals surface area contributed by atoms with Gasteiger partial charge in [0.2, 0.25) is 11.8 Å². The van der Waals surface area contributed by atoms with E-state index < -0.39 is 6.04 Å². The maximum absolute atomic E-state index is 13.2. The van der Waals surface area contributed by atoms with Gasteiger partial charge in [0, 0.05) is 32.5 Å². The van der Waals surface area contributed by atoms with E-state index in [-0.39, 0.29) is 30.2 Å². The summed E-state index contributed by atoms with van der Waals surface area (Å²) in [5, 5.41) is 4.78. The van der Waals surface area contributed by atoms with Crippen LogP contribution in [0.1, 0.15) is 44.6 Å². The minimum Gasteiger partial charge on any atom is -0.352 e. The lowest BCUT2D eigenvalue weighted by Gasteiger charge is -2.31. The average Bonchev–Trinajstić information content (AvgIpc) is 2.78. The SMILES string of the molecule is C[C@H](C(=O)NC1CCCCC1)N(Cc1ccc(Cl)cc1Cl)C(=O)CSc1ccc(Cl)cc1. The van der Waals surface area contributed by atoms with Crippen molar-refractivity contribution in [2.24, 2.45) is 0 Å². The number of hydrogen-bond donors (Lipinski definition) is 1. The van der Waals surface area contributed by atoms with Crippen LogP contribution in [0.2, 0.25) is 15.1 Å². The van der Waals surface area contributed by atoms with Crippen LogP contribution in [0.3, 0.4) is 0 Å². The van der Waals surface area contributed by atoms with Gasteiger partial charge in [0.1, 0.15) is 6.04 Å². The number of carbonyl (C=O) groups excluding carboxylic acids is 2. The Morgan fingerprint density at radius 3 is 2.34 bits per heavy atom. The first kappa shape index (κ1) is 25.2. The fraction of sp³-hybridized carbons (Fsp3) is 0.417. The van der Waals surface area contributed by atoms with Crippen LogP contribution in [0.25, 0.3) is 0 Å². The largest absolute Gasteiger partial charge is 0.352 e. The zero-order valence-corrected chi connectivity index (χ0v) is 21.0. The molecule has 0 spiro atoms. The molecule has 2 amide bonds. The van der Waals surface area contributed by atoms with E-state index in [0.29, 0.717) is 15.1 Å². The third-order valence-electron chi connectivity index (χ3n) is 5.65. The summed E-state index contributed by atoms with van der Waals surface area (Å²) in [5.41, 5.74) is 0.748. The lowest BCUT2D eigenvalue weighted by molar-refractivity contribution is -0.139. The van der Waals surface area contributed by atoms with E-state index in [1.165, 1.54) is 18.2 Å². The maximum Gasteiger partial charge on any atom is 0.242 e. The van der Waals surface area contributed by atoms with Crippen LogP contribution in [-0.4, -0.2) is 34.6 Å². The van der Waals surface area contributed by atoms with Crippen LogP contribution >= 0.6 is 46.6 Å². The number of hydrogen-bond acceptors (Lipinski definition) is 3. The Hall–Kier alpha value is -1.40. The molecule has 8 heteroatoms. The molecule has 0 aromatic heterocycles. The molecule has 1 atom stereocenters. The van der Waals surface area contributed by atoms with Gasteiger partial charge in [-0.25, -0.2) is 0 Å². The zero-order chi connectivity index (χ0) is 23.1. The van der Waals surface area contributed by atoms with Crippen molar-refractivity contribution in [3.63, 3.8) is 0 Å². The first-order valence-electron chi connectivity index (χ1n) is 10.8. The Morgan fingerprint density at radius 2 is 1.69 bits per heavy atom. The van der Waals surface area contributed by atoms with Gasteiger partial charge in [0.25, 0.3) is 0 Å². The van der Waals surface area contributed by atoms with Gasteiger partial charge in [-0.05, 0) is 61.7 Å². The first-order chi connectivity index (χ1) is 15.3. The van der Waals surface area contributed by atoms with Gasteiger partial charge < -0.3 is 10.2 Å². The van der Waals surface area contributed by atoms with E-state index in [1.807, 2.05) is 12.1 Å². The van der Waals surface area contributed by atoms with Crippen LogP contribution < -0.4 is 5.32 Å². The van der Waals surface area contributed by atoms with Crippen molar-refractivity contribution in [3.8, 4) is 0 Å². The predicted molar refractivity (Wildman–Crippen MR) is 134 cm³/mol. The molecule has 1 aliphatic rings. The summed E-state index contributed by atoms with van der Waals surface area (Å²) in [5.74, 6) is -0.0671. The Kier molecular flexibility index (Phi) is 9.60. The summed E-state index contributed by atoms with van der Waals surface area (Å²) in [6.07, 6.45) is 5.44. The van der Waals surface area contributed by atoms with Gasteiger partial charge in [-0.15, -0.1) is 11.8 Å². The second-order valence-electron chi connectivity index (χ2n) is 8.02. The highest BCUT2D eigenvalue weighted by atomic mass is 35.5. The highest BCUT2D eigenvalue weighted by Gasteiger charge is 2.28. The average molecular weight is 514 g/mol. The van der Waals surface area contributed by atoms with E-state index in [4.69, 9.17) is 34.8 Å². The summed E-state index contributed by atoms with van der Waals surface area (Å²) in [6.45, 7) is 2.00. The molecule has 3 rings (SSSR count). The highest BCUT2D eigenvalue weighted by molar-refractivity contribution is 8.00. The lowest BCUT2D eigenvalue weighted by atomic mass is 9.95. The molecule has 1 saturated carbocycles. The molecule has 0 saturated heterocycles. The Bertz CT molecular complexity index is 933. The van der Waals surface area contributed by atoms with Gasteiger partial charge in [-0.3, -0.25) is 9.59 Å². The number of thioether (sulfide) groups is 1. The van der Waals surface area contributed by atoms with E-state index >= 15 is 0 Å². The number of nitrogens with one attached hydrogen (secondary N) is 1. The lowest BCUT2D eigenvalue weighted by Crippen LogP contribution is -2.50. The minimum absolute atomic E-state index is 0.133. The standard InChI is InChI=1S/C24H27Cl3N2O2S/c1-16(24(31)28-20-5-3-2-4-6-20)29(14-17-7-8-19(26)13-22(17)27)23(30)15-32-21-11-9-18(25)10-12-21/h7-13,16,20H,2-6,14-15H2,1H3,(H,28,31)/t16-/m1/s1. The summed E-state index contributed by atoms with van der Waals surface area (Å²) < 4.78 is 0. The number of rotatable bonds is 8. The Morgan fingerprint density at radius 1 is 1.03 bits per heavy atom. The van der Waals surface area contributed by atoms with Crippen molar-refractivity contribution in [2.75, 3.05) is 5.75 Å². The highest BCUT2D eigenvalue weighted by Crippen LogP contribution is 2.25. The molecule has 172 valence electrons.